The summed E-state index contributed by atoms with van der Waals surface area (Å²) in [6.07, 6.45) is 0. The van der Waals surface area contributed by atoms with Gasteiger partial charge in [-0.25, -0.2) is 0 Å². The summed E-state index contributed by atoms with van der Waals surface area (Å²) >= 11 is 1.38. The topological polar surface area (TPSA) is 58.4 Å². The Kier molecular flexibility index (Phi) is 5.44. The molecule has 0 aliphatic heterocycles. The zero-order valence-corrected chi connectivity index (χ0v) is 11.5. The van der Waals surface area contributed by atoms with Crippen molar-refractivity contribution in [3.8, 4) is 0 Å². The maximum atomic E-state index is 11.9. The van der Waals surface area contributed by atoms with Gasteiger partial charge in [0.05, 0.1) is 5.69 Å². The molecule has 3 N–H and O–H groups in total. The van der Waals surface area contributed by atoms with Gasteiger partial charge in [-0.15, -0.1) is 11.3 Å². The predicted octanol–water partition coefficient (Wildman–Crippen LogP) is 1.79. The molecule has 5 heteroatoms. The number of nitrogen functional groups attached to an aromatic ring is 1. The zero-order chi connectivity index (χ0) is 12.8. The van der Waals surface area contributed by atoms with Crippen molar-refractivity contribution < 1.29 is 4.79 Å². The van der Waals surface area contributed by atoms with E-state index in [0.29, 0.717) is 10.6 Å². The summed E-state index contributed by atoms with van der Waals surface area (Å²) in [6, 6.07) is 1.89. The largest absolute Gasteiger partial charge is 0.397 e. The fraction of sp³-hybridized carbons (Fsp3) is 0.583. The van der Waals surface area contributed by atoms with Crippen LogP contribution in [0.5, 0.6) is 0 Å². The van der Waals surface area contributed by atoms with E-state index in [-0.39, 0.29) is 11.9 Å². The standard InChI is InChI=1S/C12H21N3OS/c1-4-15(5-2)8-9(3)14-12(16)11-10(13)6-7-17-11/h6-7,9H,4-5,8,13H2,1-3H3,(H,14,16). The normalized spacial score (nSPS) is 12.7. The Bertz CT molecular complexity index is 360. The van der Waals surface area contributed by atoms with Crippen molar-refractivity contribution in [3.05, 3.63) is 16.3 Å². The van der Waals surface area contributed by atoms with Gasteiger partial charge in [-0.05, 0) is 31.5 Å². The van der Waals surface area contributed by atoms with E-state index in [4.69, 9.17) is 5.73 Å². The lowest BCUT2D eigenvalue weighted by Gasteiger charge is -2.23. The molecular weight excluding hydrogens is 234 g/mol. The summed E-state index contributed by atoms with van der Waals surface area (Å²) in [5, 5.41) is 4.80. The quantitative estimate of drug-likeness (QED) is 0.815. The van der Waals surface area contributed by atoms with E-state index >= 15 is 0 Å². The van der Waals surface area contributed by atoms with Gasteiger partial charge in [-0.3, -0.25) is 4.79 Å². The molecule has 0 aliphatic rings. The third-order valence-corrected chi connectivity index (χ3v) is 3.63. The number of hydrogen-bond donors (Lipinski definition) is 2. The van der Waals surface area contributed by atoms with Crippen molar-refractivity contribution in [3.63, 3.8) is 0 Å². The molecule has 0 saturated carbocycles. The number of carbonyl (C=O) groups is 1. The smallest absolute Gasteiger partial charge is 0.263 e. The maximum Gasteiger partial charge on any atom is 0.263 e. The Morgan fingerprint density at radius 1 is 1.53 bits per heavy atom. The number of rotatable bonds is 6. The minimum Gasteiger partial charge on any atom is -0.397 e. The third kappa shape index (κ3) is 4.02. The number of hydrogen-bond acceptors (Lipinski definition) is 4. The molecule has 0 bridgehead atoms. The monoisotopic (exact) mass is 255 g/mol. The SMILES string of the molecule is CCN(CC)CC(C)NC(=O)c1sccc1N. The first-order valence-corrected chi connectivity index (χ1v) is 6.82. The average molecular weight is 255 g/mol. The van der Waals surface area contributed by atoms with Crippen LogP contribution >= 0.6 is 11.3 Å². The van der Waals surface area contributed by atoms with E-state index in [2.05, 4.69) is 24.1 Å². The lowest BCUT2D eigenvalue weighted by atomic mass is 10.3. The number of thiophene rings is 1. The van der Waals surface area contributed by atoms with Crippen molar-refractivity contribution in [1.29, 1.82) is 0 Å². The number of nitrogens with one attached hydrogen (secondary N) is 1. The first-order valence-electron chi connectivity index (χ1n) is 5.94. The second-order valence-corrected chi connectivity index (χ2v) is 4.98. The van der Waals surface area contributed by atoms with Crippen LogP contribution in [0.3, 0.4) is 0 Å². The van der Waals surface area contributed by atoms with E-state index < -0.39 is 0 Å². The molecule has 1 rings (SSSR count). The van der Waals surface area contributed by atoms with Gasteiger partial charge in [0.25, 0.3) is 5.91 Å². The molecule has 0 aromatic carbocycles. The highest BCUT2D eigenvalue weighted by Gasteiger charge is 2.15. The number of likely N-dealkylation sites (N-methyl/N-ethyl adjacent to an activating group) is 1. The van der Waals surface area contributed by atoms with Crippen LogP contribution in [0, 0.1) is 0 Å². The number of carbonyl (C=O) groups excluding carboxylic acids is 1. The average Bonchev–Trinajstić information content (AvgIpc) is 2.72. The Hall–Kier alpha value is -1.07. The first kappa shape index (κ1) is 14.0. The molecule has 4 nitrogen and oxygen atoms in total. The van der Waals surface area contributed by atoms with Crippen molar-refractivity contribution in [2.45, 2.75) is 26.8 Å². The molecule has 0 radical (unpaired) electrons. The highest BCUT2D eigenvalue weighted by molar-refractivity contribution is 7.12. The lowest BCUT2D eigenvalue weighted by Crippen LogP contribution is -2.41. The molecule has 1 aromatic heterocycles. The van der Waals surface area contributed by atoms with Gasteiger partial charge in [-0.2, -0.15) is 0 Å². The fourth-order valence-electron chi connectivity index (χ4n) is 1.71. The molecule has 0 aliphatic carbocycles. The molecule has 17 heavy (non-hydrogen) atoms. The Balaban J connectivity index is 2.49. The highest BCUT2D eigenvalue weighted by Crippen LogP contribution is 2.18. The van der Waals surface area contributed by atoms with Crippen LogP contribution in [0.1, 0.15) is 30.4 Å². The molecule has 1 heterocycles. The van der Waals surface area contributed by atoms with Crippen LogP contribution < -0.4 is 11.1 Å². The molecule has 0 fully saturated rings. The summed E-state index contributed by atoms with van der Waals surface area (Å²) in [7, 11) is 0. The number of nitrogens with two attached hydrogens (primary N) is 1. The number of nitrogens with zero attached hydrogens (tertiary/aromatic N) is 1. The van der Waals surface area contributed by atoms with E-state index in [1.54, 1.807) is 6.07 Å². The molecule has 1 aromatic rings. The molecule has 96 valence electrons. The van der Waals surface area contributed by atoms with Gasteiger partial charge in [0, 0.05) is 12.6 Å². The second kappa shape index (κ2) is 6.61. The summed E-state index contributed by atoms with van der Waals surface area (Å²) < 4.78 is 0. The Morgan fingerprint density at radius 2 is 2.18 bits per heavy atom. The number of anilines is 1. The van der Waals surface area contributed by atoms with Crippen LogP contribution in [-0.4, -0.2) is 36.5 Å². The van der Waals surface area contributed by atoms with Crippen molar-refractivity contribution in [1.82, 2.24) is 10.2 Å². The summed E-state index contributed by atoms with van der Waals surface area (Å²) in [6.45, 7) is 9.12. The maximum absolute atomic E-state index is 11.9. The van der Waals surface area contributed by atoms with E-state index in [1.165, 1.54) is 11.3 Å². The molecule has 0 saturated heterocycles. The minimum absolute atomic E-state index is 0.0721. The van der Waals surface area contributed by atoms with Gasteiger partial charge >= 0.3 is 0 Å². The number of amides is 1. The molecule has 1 amide bonds. The van der Waals surface area contributed by atoms with Gasteiger partial charge in [0.2, 0.25) is 0 Å². The lowest BCUT2D eigenvalue weighted by molar-refractivity contribution is 0.0935. The summed E-state index contributed by atoms with van der Waals surface area (Å²) in [5.41, 5.74) is 6.27. The second-order valence-electron chi connectivity index (χ2n) is 4.07. The molecule has 1 unspecified atom stereocenters. The highest BCUT2D eigenvalue weighted by atomic mass is 32.1. The summed E-state index contributed by atoms with van der Waals surface area (Å²) in [4.78, 5) is 14.8. The van der Waals surface area contributed by atoms with Crippen LogP contribution in [-0.2, 0) is 0 Å². The van der Waals surface area contributed by atoms with Crippen molar-refractivity contribution in [2.24, 2.45) is 0 Å². The van der Waals surface area contributed by atoms with Crippen LogP contribution in [0.2, 0.25) is 0 Å². The van der Waals surface area contributed by atoms with E-state index in [1.807, 2.05) is 12.3 Å². The molecule has 0 spiro atoms. The third-order valence-electron chi connectivity index (χ3n) is 2.71. The minimum atomic E-state index is -0.0721. The Labute approximate surface area is 107 Å². The van der Waals surface area contributed by atoms with Gasteiger partial charge in [-0.1, -0.05) is 13.8 Å². The van der Waals surface area contributed by atoms with Crippen LogP contribution in [0.15, 0.2) is 11.4 Å². The van der Waals surface area contributed by atoms with Crippen LogP contribution in [0.25, 0.3) is 0 Å². The van der Waals surface area contributed by atoms with Crippen molar-refractivity contribution in [2.75, 3.05) is 25.4 Å². The van der Waals surface area contributed by atoms with Gasteiger partial charge in [0.15, 0.2) is 0 Å². The Morgan fingerprint density at radius 3 is 2.65 bits per heavy atom. The molecular formula is C12H21N3OS. The molecule has 1 atom stereocenters. The first-order chi connectivity index (χ1) is 8.08. The van der Waals surface area contributed by atoms with E-state index in [9.17, 15) is 4.79 Å². The van der Waals surface area contributed by atoms with E-state index in [0.717, 1.165) is 19.6 Å². The van der Waals surface area contributed by atoms with Gasteiger partial charge < -0.3 is 16.0 Å². The van der Waals surface area contributed by atoms with Gasteiger partial charge in [0.1, 0.15) is 4.88 Å². The predicted molar refractivity (Wildman–Crippen MR) is 73.4 cm³/mol. The zero-order valence-electron chi connectivity index (χ0n) is 10.7. The van der Waals surface area contributed by atoms with Crippen LogP contribution in [0.4, 0.5) is 5.69 Å². The fourth-order valence-corrected chi connectivity index (χ4v) is 2.43. The van der Waals surface area contributed by atoms with Crippen molar-refractivity contribution >= 4 is 22.9 Å². The summed E-state index contributed by atoms with van der Waals surface area (Å²) in [5.74, 6) is -0.0721.